The molecule has 1 fully saturated rings. The van der Waals surface area contributed by atoms with E-state index in [0.717, 1.165) is 25.9 Å². The molecule has 0 saturated carbocycles. The zero-order chi connectivity index (χ0) is 18.6. The van der Waals surface area contributed by atoms with Crippen molar-refractivity contribution in [3.8, 4) is 6.07 Å². The monoisotopic (exact) mass is 434 g/mol. The van der Waals surface area contributed by atoms with Crippen molar-refractivity contribution < 1.29 is 8.42 Å². The van der Waals surface area contributed by atoms with Gasteiger partial charge in [0.05, 0.1) is 10.5 Å². The van der Waals surface area contributed by atoms with Gasteiger partial charge in [-0.25, -0.2) is 18.1 Å². The van der Waals surface area contributed by atoms with E-state index in [1.165, 1.54) is 0 Å². The Bertz CT molecular complexity index is 919. The first-order valence-electron chi connectivity index (χ1n) is 8.35. The van der Waals surface area contributed by atoms with E-state index in [4.69, 9.17) is 0 Å². The molecule has 1 aromatic heterocycles. The van der Waals surface area contributed by atoms with E-state index in [0.29, 0.717) is 22.4 Å². The van der Waals surface area contributed by atoms with Crippen molar-refractivity contribution in [2.45, 2.75) is 17.7 Å². The molecule has 0 bridgehead atoms. The molecule has 0 spiro atoms. The molecular formula is C18H19BrN4O2S. The van der Waals surface area contributed by atoms with Gasteiger partial charge >= 0.3 is 0 Å². The second-order valence-electron chi connectivity index (χ2n) is 6.20. The molecule has 1 aliphatic rings. The van der Waals surface area contributed by atoms with E-state index in [9.17, 15) is 13.7 Å². The fourth-order valence-electron chi connectivity index (χ4n) is 3.05. The van der Waals surface area contributed by atoms with E-state index in [1.54, 1.807) is 42.6 Å². The number of nitriles is 1. The third-order valence-corrected chi connectivity index (χ3v) is 6.95. The van der Waals surface area contributed by atoms with Crippen LogP contribution < -0.4 is 9.62 Å². The van der Waals surface area contributed by atoms with Gasteiger partial charge in [-0.2, -0.15) is 5.26 Å². The second-order valence-corrected chi connectivity index (χ2v) is 8.79. The smallest absolute Gasteiger partial charge is 0.241 e. The summed E-state index contributed by atoms with van der Waals surface area (Å²) in [5.74, 6) is 0.972. The Morgan fingerprint density at radius 2 is 1.96 bits per heavy atom. The molecule has 6 nitrogen and oxygen atoms in total. The maximum Gasteiger partial charge on any atom is 0.241 e. The van der Waals surface area contributed by atoms with E-state index in [1.807, 2.05) is 0 Å². The molecule has 0 radical (unpaired) electrons. The lowest BCUT2D eigenvalue weighted by Crippen LogP contribution is -2.39. The lowest BCUT2D eigenvalue weighted by molar-refractivity contribution is 0.400. The number of aromatic nitrogens is 1. The Hall–Kier alpha value is -1.95. The van der Waals surface area contributed by atoms with Gasteiger partial charge in [0.15, 0.2) is 0 Å². The summed E-state index contributed by atoms with van der Waals surface area (Å²) < 4.78 is 28.2. The number of sulfonamides is 1. The molecular weight excluding hydrogens is 416 g/mol. The molecule has 1 aromatic carbocycles. The molecule has 0 unspecified atom stereocenters. The highest BCUT2D eigenvalue weighted by molar-refractivity contribution is 9.10. The number of hydrogen-bond acceptors (Lipinski definition) is 5. The number of hydrogen-bond donors (Lipinski definition) is 1. The van der Waals surface area contributed by atoms with Crippen molar-refractivity contribution in [2.24, 2.45) is 5.92 Å². The van der Waals surface area contributed by atoms with Crippen molar-refractivity contribution >= 4 is 31.8 Å². The summed E-state index contributed by atoms with van der Waals surface area (Å²) in [6.45, 7) is 1.92. The van der Waals surface area contributed by atoms with Crippen LogP contribution in [0.15, 0.2) is 52.0 Å². The Morgan fingerprint density at radius 1 is 1.23 bits per heavy atom. The van der Waals surface area contributed by atoms with Crippen molar-refractivity contribution in [2.75, 3.05) is 24.5 Å². The van der Waals surface area contributed by atoms with Gasteiger partial charge in [0.2, 0.25) is 10.0 Å². The minimum atomic E-state index is -3.53. The quantitative estimate of drug-likeness (QED) is 0.781. The van der Waals surface area contributed by atoms with Crippen LogP contribution in [-0.4, -0.2) is 33.0 Å². The Morgan fingerprint density at radius 3 is 2.65 bits per heavy atom. The SMILES string of the molecule is N#Cc1cccnc1N1CCC(CNS(=O)(=O)c2ccccc2Br)CC1. The first-order chi connectivity index (χ1) is 12.5. The van der Waals surface area contributed by atoms with Crippen LogP contribution in [0.3, 0.4) is 0 Å². The Labute approximate surface area is 162 Å². The Kier molecular flexibility index (Phi) is 5.91. The number of halogens is 1. The van der Waals surface area contributed by atoms with Crippen LogP contribution in [0.2, 0.25) is 0 Å². The molecule has 136 valence electrons. The molecule has 2 aromatic rings. The number of anilines is 1. The average Bonchev–Trinajstić information content (AvgIpc) is 2.67. The molecule has 1 saturated heterocycles. The van der Waals surface area contributed by atoms with Crippen LogP contribution in [0.25, 0.3) is 0 Å². The Balaban J connectivity index is 1.58. The highest BCUT2D eigenvalue weighted by Crippen LogP contribution is 2.25. The molecule has 0 amide bonds. The molecule has 0 atom stereocenters. The summed E-state index contributed by atoms with van der Waals surface area (Å²) >= 11 is 3.29. The minimum Gasteiger partial charge on any atom is -0.356 e. The van der Waals surface area contributed by atoms with E-state index in [2.05, 4.69) is 36.6 Å². The average molecular weight is 435 g/mol. The topological polar surface area (TPSA) is 86.1 Å². The number of rotatable bonds is 5. The van der Waals surface area contributed by atoms with Gasteiger partial charge in [-0.1, -0.05) is 12.1 Å². The van der Waals surface area contributed by atoms with E-state index in [-0.39, 0.29) is 10.8 Å². The van der Waals surface area contributed by atoms with Crippen molar-refractivity contribution in [3.05, 3.63) is 52.6 Å². The van der Waals surface area contributed by atoms with Gasteiger partial charge in [0.1, 0.15) is 11.9 Å². The molecule has 8 heteroatoms. The number of pyridine rings is 1. The molecule has 1 N–H and O–H groups in total. The first-order valence-corrected chi connectivity index (χ1v) is 10.6. The summed E-state index contributed by atoms with van der Waals surface area (Å²) in [6.07, 6.45) is 3.38. The van der Waals surface area contributed by atoms with Gasteiger partial charge in [-0.3, -0.25) is 0 Å². The number of nitrogens with zero attached hydrogens (tertiary/aromatic N) is 3. The van der Waals surface area contributed by atoms with Gasteiger partial charge in [0.25, 0.3) is 0 Å². The molecule has 3 rings (SSSR count). The van der Waals surface area contributed by atoms with Crippen LogP contribution in [0.5, 0.6) is 0 Å². The lowest BCUT2D eigenvalue weighted by atomic mass is 9.97. The zero-order valence-electron chi connectivity index (χ0n) is 14.1. The van der Waals surface area contributed by atoms with Crippen molar-refractivity contribution in [3.63, 3.8) is 0 Å². The largest absolute Gasteiger partial charge is 0.356 e. The summed E-state index contributed by atoms with van der Waals surface area (Å²) in [6, 6.07) is 12.5. The fraction of sp³-hybridized carbons (Fsp3) is 0.333. The highest BCUT2D eigenvalue weighted by Gasteiger charge is 2.24. The summed E-state index contributed by atoms with van der Waals surface area (Å²) in [5, 5.41) is 9.21. The van der Waals surface area contributed by atoms with Crippen LogP contribution >= 0.6 is 15.9 Å². The first kappa shape index (κ1) is 18.8. The van der Waals surface area contributed by atoms with Crippen molar-refractivity contribution in [1.82, 2.24) is 9.71 Å². The molecule has 26 heavy (non-hydrogen) atoms. The van der Waals surface area contributed by atoms with E-state index < -0.39 is 10.0 Å². The normalized spacial score (nSPS) is 15.6. The fourth-order valence-corrected chi connectivity index (χ4v) is 5.17. The predicted molar refractivity (Wildman–Crippen MR) is 103 cm³/mol. The predicted octanol–water partition coefficient (Wildman–Crippen LogP) is 2.91. The van der Waals surface area contributed by atoms with Gasteiger partial charge < -0.3 is 4.90 Å². The maximum absolute atomic E-state index is 12.5. The highest BCUT2D eigenvalue weighted by atomic mass is 79.9. The summed E-state index contributed by atoms with van der Waals surface area (Å²) in [7, 11) is -3.53. The third-order valence-electron chi connectivity index (χ3n) is 4.51. The standard InChI is InChI=1S/C18H19BrN4O2S/c19-16-5-1-2-6-17(16)26(24,25)22-13-14-7-10-23(11-8-14)18-15(12-20)4-3-9-21-18/h1-6,9,14,22H,7-8,10-11,13H2. The van der Waals surface area contributed by atoms with E-state index >= 15 is 0 Å². The van der Waals surface area contributed by atoms with Crippen LogP contribution in [-0.2, 0) is 10.0 Å². The molecule has 1 aliphatic heterocycles. The van der Waals surface area contributed by atoms with Gasteiger partial charge in [-0.05, 0) is 59.0 Å². The summed E-state index contributed by atoms with van der Waals surface area (Å²) in [5.41, 5.74) is 0.570. The number of nitrogens with one attached hydrogen (secondary N) is 1. The van der Waals surface area contributed by atoms with Crippen molar-refractivity contribution in [1.29, 1.82) is 5.26 Å². The van der Waals surface area contributed by atoms with Gasteiger partial charge in [-0.15, -0.1) is 0 Å². The minimum absolute atomic E-state index is 0.254. The maximum atomic E-state index is 12.5. The zero-order valence-corrected chi connectivity index (χ0v) is 16.5. The third kappa shape index (κ3) is 4.23. The second kappa shape index (κ2) is 8.16. The number of piperidine rings is 1. The van der Waals surface area contributed by atoms with Gasteiger partial charge in [0, 0.05) is 30.3 Å². The molecule has 0 aliphatic carbocycles. The summed E-state index contributed by atoms with van der Waals surface area (Å²) in [4.78, 5) is 6.67. The number of benzene rings is 1. The van der Waals surface area contributed by atoms with Crippen LogP contribution in [0, 0.1) is 17.2 Å². The molecule has 2 heterocycles. The van der Waals surface area contributed by atoms with Crippen LogP contribution in [0.1, 0.15) is 18.4 Å². The lowest BCUT2D eigenvalue weighted by Gasteiger charge is -2.33. The van der Waals surface area contributed by atoms with Crippen LogP contribution in [0.4, 0.5) is 5.82 Å².